The molecule has 2 aromatic carbocycles. The van der Waals surface area contributed by atoms with Gasteiger partial charge in [0, 0.05) is 5.92 Å². The molecule has 0 aliphatic heterocycles. The van der Waals surface area contributed by atoms with Gasteiger partial charge in [-0.15, -0.1) is 0 Å². The number of fused-ring (bicyclic) bond motifs is 2. The second kappa shape index (κ2) is 6.51. The molecule has 0 radical (unpaired) electrons. The third kappa shape index (κ3) is 2.95. The van der Waals surface area contributed by atoms with Gasteiger partial charge < -0.3 is 0 Å². The number of allylic oxidation sites excluding steroid dienone is 6. The number of nitrogens with zero attached hydrogens (tertiary/aromatic N) is 2. The first-order chi connectivity index (χ1) is 13.3. The van der Waals surface area contributed by atoms with Gasteiger partial charge in [0.2, 0.25) is 0 Å². The summed E-state index contributed by atoms with van der Waals surface area (Å²) in [5.41, 5.74) is 4.35. The Morgan fingerprint density at radius 1 is 1.04 bits per heavy atom. The Labute approximate surface area is 158 Å². The van der Waals surface area contributed by atoms with Crippen LogP contribution >= 0.6 is 0 Å². The quantitative estimate of drug-likeness (QED) is 0.646. The van der Waals surface area contributed by atoms with Crippen LogP contribution in [0.5, 0.6) is 0 Å². The van der Waals surface area contributed by atoms with Crippen molar-refractivity contribution in [1.82, 2.24) is 9.55 Å². The van der Waals surface area contributed by atoms with Gasteiger partial charge in [0.05, 0.1) is 23.8 Å². The molecule has 2 unspecified atom stereocenters. The van der Waals surface area contributed by atoms with Crippen molar-refractivity contribution in [1.29, 1.82) is 0 Å². The number of benzene rings is 2. The maximum atomic E-state index is 12.7. The lowest BCUT2D eigenvalue weighted by Crippen LogP contribution is -2.21. The lowest BCUT2D eigenvalue weighted by Gasteiger charge is -2.19. The Hall–Kier alpha value is -3.20. The minimum absolute atomic E-state index is 0.00220. The maximum Gasteiger partial charge on any atom is 0.261 e. The molecule has 0 fully saturated rings. The van der Waals surface area contributed by atoms with Crippen molar-refractivity contribution in [3.8, 4) is 0 Å². The summed E-state index contributed by atoms with van der Waals surface area (Å²) in [6.07, 6.45) is 14.3. The molecule has 0 amide bonds. The van der Waals surface area contributed by atoms with E-state index in [4.69, 9.17) is 0 Å². The number of aromatic nitrogens is 2. The average Bonchev–Trinajstić information content (AvgIpc) is 3.19. The van der Waals surface area contributed by atoms with E-state index < -0.39 is 0 Å². The molecule has 0 saturated heterocycles. The fourth-order valence-electron chi connectivity index (χ4n) is 3.99. The van der Waals surface area contributed by atoms with Crippen molar-refractivity contribution in [2.45, 2.75) is 13.0 Å². The molecule has 3 aromatic rings. The summed E-state index contributed by atoms with van der Waals surface area (Å²) >= 11 is 0. The first-order valence-electron chi connectivity index (χ1n) is 9.38. The van der Waals surface area contributed by atoms with Gasteiger partial charge in [-0.2, -0.15) is 0 Å². The highest BCUT2D eigenvalue weighted by Gasteiger charge is 2.21. The standard InChI is InChI=1S/C24H20N2O/c27-24-22-6-1-2-7-23(22)25-16-26(24)15-17-8-10-19(11-9-17)21-13-12-18-4-3-5-20(18)14-21/h1-4,6-14,16,18,20H,5,15H2. The molecule has 2 aliphatic carbocycles. The number of hydrogen-bond acceptors (Lipinski definition) is 2. The molecular weight excluding hydrogens is 332 g/mol. The zero-order valence-electron chi connectivity index (χ0n) is 15.0. The van der Waals surface area contributed by atoms with E-state index in [1.165, 1.54) is 11.1 Å². The predicted molar refractivity (Wildman–Crippen MR) is 109 cm³/mol. The number of para-hydroxylation sites is 1. The van der Waals surface area contributed by atoms with Gasteiger partial charge in [-0.1, -0.05) is 66.8 Å². The summed E-state index contributed by atoms with van der Waals surface area (Å²) < 4.78 is 1.67. The van der Waals surface area contributed by atoms with Crippen molar-refractivity contribution in [3.63, 3.8) is 0 Å². The van der Waals surface area contributed by atoms with E-state index in [1.54, 1.807) is 10.9 Å². The summed E-state index contributed by atoms with van der Waals surface area (Å²) in [5, 5.41) is 0.661. The number of hydrogen-bond donors (Lipinski definition) is 0. The Kier molecular flexibility index (Phi) is 3.86. The highest BCUT2D eigenvalue weighted by molar-refractivity contribution is 5.77. The van der Waals surface area contributed by atoms with E-state index in [-0.39, 0.29) is 5.56 Å². The van der Waals surface area contributed by atoms with Crippen LogP contribution in [-0.4, -0.2) is 9.55 Å². The van der Waals surface area contributed by atoms with Crippen LogP contribution in [0.4, 0.5) is 0 Å². The zero-order chi connectivity index (χ0) is 18.2. The molecule has 2 atom stereocenters. The lowest BCUT2D eigenvalue weighted by atomic mass is 9.86. The van der Waals surface area contributed by atoms with E-state index in [0.29, 0.717) is 23.8 Å². The molecule has 0 bridgehead atoms. The second-order valence-electron chi connectivity index (χ2n) is 7.28. The molecule has 132 valence electrons. The van der Waals surface area contributed by atoms with Crippen LogP contribution in [0.1, 0.15) is 17.5 Å². The highest BCUT2D eigenvalue weighted by Crippen LogP contribution is 2.35. The van der Waals surface area contributed by atoms with Crippen LogP contribution in [0.25, 0.3) is 16.5 Å². The second-order valence-corrected chi connectivity index (χ2v) is 7.28. The van der Waals surface area contributed by atoms with Crippen LogP contribution < -0.4 is 5.56 Å². The van der Waals surface area contributed by atoms with E-state index in [9.17, 15) is 4.79 Å². The maximum absolute atomic E-state index is 12.7. The smallest absolute Gasteiger partial charge is 0.261 e. The highest BCUT2D eigenvalue weighted by atomic mass is 16.1. The summed E-state index contributed by atoms with van der Waals surface area (Å²) in [4.78, 5) is 17.1. The Balaban J connectivity index is 1.39. The van der Waals surface area contributed by atoms with Gasteiger partial charge in [-0.05, 0) is 41.2 Å². The van der Waals surface area contributed by atoms with Crippen LogP contribution in [0.2, 0.25) is 0 Å². The molecule has 5 rings (SSSR count). The SMILES string of the molecule is O=c1c2ccccc2ncn1Cc1ccc(C2=CC3CC=CC3C=C2)cc1. The van der Waals surface area contributed by atoms with Gasteiger partial charge >= 0.3 is 0 Å². The molecule has 1 aromatic heterocycles. The summed E-state index contributed by atoms with van der Waals surface area (Å²) in [6, 6.07) is 16.0. The zero-order valence-corrected chi connectivity index (χ0v) is 15.0. The molecule has 3 nitrogen and oxygen atoms in total. The van der Waals surface area contributed by atoms with Crippen molar-refractivity contribution in [3.05, 3.63) is 107 Å². The fourth-order valence-corrected chi connectivity index (χ4v) is 3.99. The first kappa shape index (κ1) is 16.0. The third-order valence-electron chi connectivity index (χ3n) is 5.52. The lowest BCUT2D eigenvalue weighted by molar-refractivity contribution is 0.599. The van der Waals surface area contributed by atoms with Gasteiger partial charge in [0.1, 0.15) is 0 Å². The van der Waals surface area contributed by atoms with Gasteiger partial charge in [-0.3, -0.25) is 9.36 Å². The van der Waals surface area contributed by atoms with Crippen molar-refractivity contribution in [2.24, 2.45) is 11.8 Å². The topological polar surface area (TPSA) is 34.9 Å². The average molecular weight is 352 g/mol. The molecular formula is C24H20N2O. The van der Waals surface area contributed by atoms with Crippen molar-refractivity contribution >= 4 is 16.5 Å². The van der Waals surface area contributed by atoms with Crippen molar-refractivity contribution < 1.29 is 0 Å². The van der Waals surface area contributed by atoms with Crippen molar-refractivity contribution in [2.75, 3.05) is 0 Å². The van der Waals surface area contributed by atoms with E-state index >= 15 is 0 Å². The molecule has 0 spiro atoms. The Morgan fingerprint density at radius 2 is 1.89 bits per heavy atom. The van der Waals surface area contributed by atoms with Crippen LogP contribution in [0.15, 0.2) is 90.0 Å². The molecule has 0 saturated carbocycles. The Bertz CT molecular complexity index is 1150. The third-order valence-corrected chi connectivity index (χ3v) is 5.52. The normalized spacial score (nSPS) is 20.7. The molecule has 1 heterocycles. The first-order valence-corrected chi connectivity index (χ1v) is 9.38. The van der Waals surface area contributed by atoms with E-state index in [1.807, 2.05) is 24.3 Å². The summed E-state index contributed by atoms with van der Waals surface area (Å²) in [5.74, 6) is 1.17. The van der Waals surface area contributed by atoms with Gasteiger partial charge in [0.15, 0.2) is 0 Å². The molecule has 0 N–H and O–H groups in total. The van der Waals surface area contributed by atoms with Gasteiger partial charge in [-0.25, -0.2) is 4.98 Å². The minimum atomic E-state index is 0.00220. The summed E-state index contributed by atoms with van der Waals surface area (Å²) in [6.45, 7) is 0.528. The van der Waals surface area contributed by atoms with Gasteiger partial charge in [0.25, 0.3) is 5.56 Å². The van der Waals surface area contributed by atoms with Crippen LogP contribution in [0, 0.1) is 11.8 Å². The van der Waals surface area contributed by atoms with Crippen LogP contribution in [-0.2, 0) is 6.54 Å². The largest absolute Gasteiger partial charge is 0.294 e. The number of rotatable bonds is 3. The fraction of sp³-hybridized carbons (Fsp3) is 0.167. The summed E-state index contributed by atoms with van der Waals surface area (Å²) in [7, 11) is 0. The predicted octanol–water partition coefficient (Wildman–Crippen LogP) is 4.59. The minimum Gasteiger partial charge on any atom is -0.294 e. The van der Waals surface area contributed by atoms with E-state index in [0.717, 1.165) is 17.5 Å². The molecule has 27 heavy (non-hydrogen) atoms. The molecule has 3 heteroatoms. The van der Waals surface area contributed by atoms with E-state index in [2.05, 4.69) is 59.6 Å². The Morgan fingerprint density at radius 3 is 2.78 bits per heavy atom. The monoisotopic (exact) mass is 352 g/mol. The van der Waals surface area contributed by atoms with Crippen LogP contribution in [0.3, 0.4) is 0 Å². The molecule has 2 aliphatic rings.